The van der Waals surface area contributed by atoms with Gasteiger partial charge in [0.15, 0.2) is 0 Å². The van der Waals surface area contributed by atoms with Crippen molar-refractivity contribution < 1.29 is 23.5 Å². The predicted molar refractivity (Wildman–Crippen MR) is 140 cm³/mol. The zero-order chi connectivity index (χ0) is 26.8. The van der Waals surface area contributed by atoms with Crippen molar-refractivity contribution in [3.05, 3.63) is 60.2 Å². The van der Waals surface area contributed by atoms with Gasteiger partial charge < -0.3 is 20.1 Å². The number of allylic oxidation sites excluding steroid dienone is 1. The number of aromatic nitrogens is 1. The first-order valence-corrected chi connectivity index (χ1v) is 12.8. The molecule has 8 heteroatoms. The van der Waals surface area contributed by atoms with Crippen molar-refractivity contribution in [1.82, 2.24) is 9.88 Å². The van der Waals surface area contributed by atoms with E-state index in [1.807, 2.05) is 52.0 Å². The number of halogens is 1. The molecule has 2 fully saturated rings. The Morgan fingerprint density at radius 2 is 2.03 bits per heavy atom. The van der Waals surface area contributed by atoms with E-state index in [-0.39, 0.29) is 29.7 Å². The first kappa shape index (κ1) is 26.6. The van der Waals surface area contributed by atoms with Crippen LogP contribution >= 0.6 is 0 Å². The molecule has 2 aromatic rings. The van der Waals surface area contributed by atoms with Gasteiger partial charge in [0.25, 0.3) is 0 Å². The predicted octanol–water partition coefficient (Wildman–Crippen LogP) is 6.04. The van der Waals surface area contributed by atoms with Crippen LogP contribution < -0.4 is 5.73 Å². The molecule has 4 unspecified atom stereocenters. The third-order valence-electron chi connectivity index (χ3n) is 7.37. The van der Waals surface area contributed by atoms with Gasteiger partial charge in [0.2, 0.25) is 0 Å². The molecule has 2 aliphatic rings. The molecule has 198 valence electrons. The van der Waals surface area contributed by atoms with Gasteiger partial charge in [0, 0.05) is 30.8 Å². The molecule has 2 amide bonds. The summed E-state index contributed by atoms with van der Waals surface area (Å²) in [6.45, 7) is 8.69. The first-order chi connectivity index (χ1) is 17.4. The van der Waals surface area contributed by atoms with Crippen molar-refractivity contribution in [3.63, 3.8) is 0 Å². The van der Waals surface area contributed by atoms with E-state index in [1.54, 1.807) is 17.2 Å². The van der Waals surface area contributed by atoms with Gasteiger partial charge in [0.05, 0.1) is 5.69 Å². The Hall–Kier alpha value is -3.42. The van der Waals surface area contributed by atoms with Crippen molar-refractivity contribution in [1.29, 1.82) is 0 Å². The zero-order valence-electron chi connectivity index (χ0n) is 21.9. The molecule has 2 N–H and O–H groups in total. The number of nitrogens with two attached hydrogens (primary N) is 1. The van der Waals surface area contributed by atoms with Crippen LogP contribution in [-0.4, -0.2) is 46.4 Å². The third-order valence-corrected chi connectivity index (χ3v) is 7.37. The summed E-state index contributed by atoms with van der Waals surface area (Å²) in [6.07, 6.45) is 6.77. The summed E-state index contributed by atoms with van der Waals surface area (Å²) < 4.78 is 24.8. The number of pyridine rings is 1. The van der Waals surface area contributed by atoms with Crippen molar-refractivity contribution >= 4 is 18.3 Å². The highest BCUT2D eigenvalue weighted by molar-refractivity contribution is 5.68. The van der Waals surface area contributed by atoms with Crippen LogP contribution in [0.25, 0.3) is 17.2 Å². The van der Waals surface area contributed by atoms with Crippen LogP contribution in [0.2, 0.25) is 0 Å². The average molecular weight is 510 g/mol. The zero-order valence-corrected chi connectivity index (χ0v) is 21.9. The number of carbonyl (C=O) groups excluding carboxylic acids is 2. The number of primary amides is 1. The Bertz CT molecular complexity index is 1160. The fourth-order valence-electron chi connectivity index (χ4n) is 5.86. The lowest BCUT2D eigenvalue weighted by molar-refractivity contribution is -0.00702. The molecule has 2 heterocycles. The minimum atomic E-state index is -0.784. The van der Waals surface area contributed by atoms with Gasteiger partial charge in [-0.15, -0.1) is 0 Å². The summed E-state index contributed by atoms with van der Waals surface area (Å²) in [5.41, 5.74) is 6.58. The van der Waals surface area contributed by atoms with Crippen LogP contribution in [-0.2, 0) is 9.47 Å². The van der Waals surface area contributed by atoms with Gasteiger partial charge in [-0.25, -0.2) is 14.0 Å². The molecule has 0 bridgehead atoms. The molecule has 1 aromatic carbocycles. The molecule has 1 aliphatic heterocycles. The second-order valence-electron chi connectivity index (χ2n) is 11.3. The molecule has 0 radical (unpaired) electrons. The Labute approximate surface area is 217 Å². The minimum absolute atomic E-state index is 0.0635. The summed E-state index contributed by atoms with van der Waals surface area (Å²) >= 11 is 0. The molecule has 37 heavy (non-hydrogen) atoms. The Balaban J connectivity index is 1.45. The number of likely N-dealkylation sites (tertiary alicyclic amines) is 1. The fourth-order valence-corrected chi connectivity index (χ4v) is 5.86. The number of hydrogen-bond donors (Lipinski definition) is 1. The molecule has 1 aliphatic carbocycles. The Morgan fingerprint density at radius 1 is 1.24 bits per heavy atom. The maximum Gasteiger partial charge on any atom is 0.410 e. The van der Waals surface area contributed by atoms with Crippen molar-refractivity contribution in [3.8, 4) is 11.1 Å². The van der Waals surface area contributed by atoms with Gasteiger partial charge in [-0.05, 0) is 88.6 Å². The summed E-state index contributed by atoms with van der Waals surface area (Å²) in [6, 6.07) is 10.2. The number of fused-ring (bicyclic) bond motifs is 1. The van der Waals surface area contributed by atoms with Gasteiger partial charge in [-0.2, -0.15) is 0 Å². The van der Waals surface area contributed by atoms with Crippen molar-refractivity contribution in [2.75, 3.05) is 13.1 Å². The maximum absolute atomic E-state index is 13.5. The molecule has 7 nitrogen and oxygen atoms in total. The van der Waals surface area contributed by atoms with E-state index in [2.05, 4.69) is 11.1 Å². The number of piperidine rings is 1. The third kappa shape index (κ3) is 6.48. The number of rotatable bonds is 5. The van der Waals surface area contributed by atoms with E-state index in [0.29, 0.717) is 25.9 Å². The smallest absolute Gasteiger partial charge is 0.410 e. The van der Waals surface area contributed by atoms with Crippen LogP contribution in [0.4, 0.5) is 14.0 Å². The largest absolute Gasteiger partial charge is 0.444 e. The number of carbonyl (C=O) groups is 2. The topological polar surface area (TPSA) is 94.7 Å². The summed E-state index contributed by atoms with van der Waals surface area (Å²) in [5, 5.41) is 0. The summed E-state index contributed by atoms with van der Waals surface area (Å²) in [7, 11) is 0. The standard InChI is InChI=1S/C29H36FN3O4/c1-28(2,3)37-27(35)33-14-13-24-21(18-33)16-29(4,36-26(31)34)25(24)10-6-9-23-12-11-20(17-32-23)19-7-5-8-22(30)15-19/h5-9,11-12,15,17,21,24-25H,10,13-14,16,18H2,1-4H3,(H2,31,34)/b9-6+. The van der Waals surface area contributed by atoms with E-state index in [0.717, 1.165) is 23.2 Å². The maximum atomic E-state index is 13.5. The Kier molecular flexibility index (Phi) is 7.57. The van der Waals surface area contributed by atoms with E-state index in [1.165, 1.54) is 12.1 Å². The lowest BCUT2D eigenvalue weighted by Gasteiger charge is -2.38. The van der Waals surface area contributed by atoms with Crippen LogP contribution in [0.1, 0.15) is 52.7 Å². The average Bonchev–Trinajstić information content (AvgIpc) is 3.08. The lowest BCUT2D eigenvalue weighted by atomic mass is 9.79. The highest BCUT2D eigenvalue weighted by Crippen LogP contribution is 2.51. The molecule has 1 saturated carbocycles. The highest BCUT2D eigenvalue weighted by Gasteiger charge is 2.54. The van der Waals surface area contributed by atoms with Crippen LogP contribution in [0.5, 0.6) is 0 Å². The second kappa shape index (κ2) is 10.5. The SMILES string of the molecule is CC(C)(C)OC(=O)N1CCC2C(C1)CC(C)(OC(N)=O)C2C/C=C/c1ccc(-c2cccc(F)c2)cn1. The fraction of sp³-hybridized carbons (Fsp3) is 0.483. The highest BCUT2D eigenvalue weighted by atomic mass is 19.1. The van der Waals surface area contributed by atoms with Gasteiger partial charge in [0.1, 0.15) is 17.0 Å². The van der Waals surface area contributed by atoms with E-state index < -0.39 is 17.3 Å². The summed E-state index contributed by atoms with van der Waals surface area (Å²) in [5.74, 6) is 0.256. The van der Waals surface area contributed by atoms with Crippen molar-refractivity contribution in [2.24, 2.45) is 23.5 Å². The second-order valence-corrected chi connectivity index (χ2v) is 11.3. The van der Waals surface area contributed by atoms with E-state index >= 15 is 0 Å². The summed E-state index contributed by atoms with van der Waals surface area (Å²) in [4.78, 5) is 30.7. The molecule has 4 rings (SSSR count). The molecule has 4 atom stereocenters. The number of ether oxygens (including phenoxy) is 2. The van der Waals surface area contributed by atoms with Crippen LogP contribution in [0.15, 0.2) is 48.7 Å². The first-order valence-electron chi connectivity index (χ1n) is 12.8. The van der Waals surface area contributed by atoms with Crippen LogP contribution in [0.3, 0.4) is 0 Å². The molecule has 1 saturated heterocycles. The number of nitrogens with zero attached hydrogens (tertiary/aromatic N) is 2. The molecule has 1 aromatic heterocycles. The van der Waals surface area contributed by atoms with E-state index in [9.17, 15) is 14.0 Å². The Morgan fingerprint density at radius 3 is 2.68 bits per heavy atom. The van der Waals surface area contributed by atoms with Gasteiger partial charge in [-0.1, -0.05) is 24.3 Å². The van der Waals surface area contributed by atoms with Crippen LogP contribution in [0, 0.1) is 23.6 Å². The molecule has 0 spiro atoms. The number of hydrogen-bond acceptors (Lipinski definition) is 5. The molecular weight excluding hydrogens is 473 g/mol. The lowest BCUT2D eigenvalue weighted by Crippen LogP contribution is -2.45. The normalized spacial score (nSPS) is 25.6. The monoisotopic (exact) mass is 509 g/mol. The minimum Gasteiger partial charge on any atom is -0.444 e. The van der Waals surface area contributed by atoms with Gasteiger partial charge >= 0.3 is 12.2 Å². The number of amides is 2. The quantitative estimate of drug-likeness (QED) is 0.530. The van der Waals surface area contributed by atoms with Gasteiger partial charge in [-0.3, -0.25) is 4.98 Å². The van der Waals surface area contributed by atoms with E-state index in [4.69, 9.17) is 15.2 Å². The molecular formula is C29H36FN3O4. The number of benzene rings is 1. The van der Waals surface area contributed by atoms with Crippen molar-refractivity contribution in [2.45, 2.75) is 58.2 Å².